The SMILES string of the molecule is O=C(NCCc1csc2ccccc12)N1CCC(n2ccnc2)CC1. The van der Waals surface area contributed by atoms with E-state index in [1.54, 1.807) is 11.3 Å². The van der Waals surface area contributed by atoms with Gasteiger partial charge in [0.1, 0.15) is 0 Å². The van der Waals surface area contributed by atoms with Crippen LogP contribution in [0, 0.1) is 0 Å². The zero-order chi connectivity index (χ0) is 17.1. The van der Waals surface area contributed by atoms with E-state index in [4.69, 9.17) is 0 Å². The predicted octanol–water partition coefficient (Wildman–Crippen LogP) is 3.69. The Kier molecular flexibility index (Phi) is 4.70. The first-order valence-corrected chi connectivity index (χ1v) is 9.64. The second-order valence-electron chi connectivity index (χ2n) is 6.47. The van der Waals surface area contributed by atoms with Gasteiger partial charge in [-0.25, -0.2) is 9.78 Å². The highest BCUT2D eigenvalue weighted by molar-refractivity contribution is 7.17. The Morgan fingerprint density at radius 2 is 2.12 bits per heavy atom. The van der Waals surface area contributed by atoms with E-state index in [0.29, 0.717) is 12.6 Å². The Morgan fingerprint density at radius 1 is 1.28 bits per heavy atom. The third-order valence-corrected chi connectivity index (χ3v) is 5.94. The lowest BCUT2D eigenvalue weighted by atomic mass is 10.1. The highest BCUT2D eigenvalue weighted by Gasteiger charge is 2.23. The van der Waals surface area contributed by atoms with Gasteiger partial charge in [-0.1, -0.05) is 18.2 Å². The molecule has 6 heteroatoms. The van der Waals surface area contributed by atoms with Crippen LogP contribution in [-0.2, 0) is 6.42 Å². The first-order valence-electron chi connectivity index (χ1n) is 8.76. The van der Waals surface area contributed by atoms with Gasteiger partial charge in [-0.05, 0) is 41.7 Å². The smallest absolute Gasteiger partial charge is 0.317 e. The van der Waals surface area contributed by atoms with Gasteiger partial charge in [0.25, 0.3) is 0 Å². The van der Waals surface area contributed by atoms with E-state index in [-0.39, 0.29) is 6.03 Å². The van der Waals surface area contributed by atoms with Gasteiger partial charge in [0.2, 0.25) is 0 Å². The normalized spacial score (nSPS) is 15.6. The first-order chi connectivity index (χ1) is 12.3. The number of nitrogens with zero attached hydrogens (tertiary/aromatic N) is 3. The Morgan fingerprint density at radius 3 is 2.92 bits per heavy atom. The van der Waals surface area contributed by atoms with Gasteiger partial charge in [0, 0.05) is 42.8 Å². The third-order valence-electron chi connectivity index (χ3n) is 4.93. The van der Waals surface area contributed by atoms with Crippen LogP contribution in [0.4, 0.5) is 4.79 Å². The third kappa shape index (κ3) is 3.54. The van der Waals surface area contributed by atoms with Crippen LogP contribution in [0.3, 0.4) is 0 Å². The van der Waals surface area contributed by atoms with Gasteiger partial charge < -0.3 is 14.8 Å². The van der Waals surface area contributed by atoms with Crippen molar-refractivity contribution in [3.63, 3.8) is 0 Å². The molecule has 25 heavy (non-hydrogen) atoms. The number of urea groups is 1. The van der Waals surface area contributed by atoms with E-state index < -0.39 is 0 Å². The zero-order valence-electron chi connectivity index (χ0n) is 14.1. The average molecular weight is 354 g/mol. The van der Waals surface area contributed by atoms with Gasteiger partial charge in [-0.15, -0.1) is 11.3 Å². The second kappa shape index (κ2) is 7.27. The molecule has 1 aliphatic rings. The highest BCUT2D eigenvalue weighted by Crippen LogP contribution is 2.26. The lowest BCUT2D eigenvalue weighted by Crippen LogP contribution is -2.45. The maximum absolute atomic E-state index is 12.4. The number of hydrogen-bond acceptors (Lipinski definition) is 3. The lowest BCUT2D eigenvalue weighted by Gasteiger charge is -2.32. The van der Waals surface area contributed by atoms with Crippen molar-refractivity contribution in [2.75, 3.05) is 19.6 Å². The minimum atomic E-state index is 0.0589. The molecule has 0 aliphatic carbocycles. The minimum Gasteiger partial charge on any atom is -0.338 e. The summed E-state index contributed by atoms with van der Waals surface area (Å²) >= 11 is 1.77. The fourth-order valence-corrected chi connectivity index (χ4v) is 4.49. The molecule has 1 saturated heterocycles. The summed E-state index contributed by atoms with van der Waals surface area (Å²) < 4.78 is 3.46. The number of amides is 2. The molecule has 0 saturated carbocycles. The molecule has 0 spiro atoms. The van der Waals surface area contributed by atoms with Gasteiger partial charge in [0.15, 0.2) is 0 Å². The van der Waals surface area contributed by atoms with Crippen molar-refractivity contribution in [1.82, 2.24) is 19.8 Å². The maximum atomic E-state index is 12.4. The van der Waals surface area contributed by atoms with E-state index in [1.807, 2.05) is 23.6 Å². The Bertz CT molecular complexity index is 834. The van der Waals surface area contributed by atoms with E-state index in [9.17, 15) is 4.79 Å². The number of piperidine rings is 1. The summed E-state index contributed by atoms with van der Waals surface area (Å²) in [6, 6.07) is 8.96. The van der Waals surface area contributed by atoms with E-state index in [0.717, 1.165) is 32.4 Å². The summed E-state index contributed by atoms with van der Waals surface area (Å²) in [5.41, 5.74) is 1.32. The number of thiophene rings is 1. The van der Waals surface area contributed by atoms with E-state index in [2.05, 4.69) is 44.5 Å². The Labute approximate surface area is 151 Å². The lowest BCUT2D eigenvalue weighted by molar-refractivity contribution is 0.172. The molecule has 0 radical (unpaired) electrons. The Balaban J connectivity index is 1.26. The Hall–Kier alpha value is -2.34. The van der Waals surface area contributed by atoms with Crippen LogP contribution in [-0.4, -0.2) is 40.1 Å². The molecule has 130 valence electrons. The van der Waals surface area contributed by atoms with Crippen LogP contribution < -0.4 is 5.32 Å². The van der Waals surface area contributed by atoms with Crippen molar-refractivity contribution in [1.29, 1.82) is 0 Å². The summed E-state index contributed by atoms with van der Waals surface area (Å²) in [5, 5.41) is 6.59. The van der Waals surface area contributed by atoms with Crippen molar-refractivity contribution in [2.45, 2.75) is 25.3 Å². The predicted molar refractivity (Wildman–Crippen MR) is 101 cm³/mol. The van der Waals surface area contributed by atoms with Crippen LogP contribution in [0.15, 0.2) is 48.4 Å². The number of imidazole rings is 1. The van der Waals surface area contributed by atoms with E-state index >= 15 is 0 Å². The van der Waals surface area contributed by atoms with Crippen LogP contribution in [0.5, 0.6) is 0 Å². The quantitative estimate of drug-likeness (QED) is 0.777. The molecule has 1 aliphatic heterocycles. The number of aromatic nitrogens is 2. The number of carbonyl (C=O) groups is 1. The van der Waals surface area contributed by atoms with Crippen molar-refractivity contribution in [3.8, 4) is 0 Å². The topological polar surface area (TPSA) is 50.2 Å². The van der Waals surface area contributed by atoms with Crippen LogP contribution in [0.25, 0.3) is 10.1 Å². The number of rotatable bonds is 4. The minimum absolute atomic E-state index is 0.0589. The fourth-order valence-electron chi connectivity index (χ4n) is 3.49. The summed E-state index contributed by atoms with van der Waals surface area (Å²) in [4.78, 5) is 18.4. The van der Waals surface area contributed by atoms with Crippen LogP contribution in [0.2, 0.25) is 0 Å². The summed E-state index contributed by atoms with van der Waals surface area (Å²) in [5.74, 6) is 0. The number of nitrogens with one attached hydrogen (secondary N) is 1. The second-order valence-corrected chi connectivity index (χ2v) is 7.38. The number of carbonyl (C=O) groups excluding carboxylic acids is 1. The number of fused-ring (bicyclic) bond motifs is 1. The van der Waals surface area contributed by atoms with Crippen molar-refractivity contribution >= 4 is 27.5 Å². The molecular weight excluding hydrogens is 332 g/mol. The maximum Gasteiger partial charge on any atom is 0.317 e. The number of likely N-dealkylation sites (tertiary alicyclic amines) is 1. The molecule has 0 unspecified atom stereocenters. The summed E-state index contributed by atoms with van der Waals surface area (Å²) in [6.07, 6.45) is 8.53. The van der Waals surface area contributed by atoms with Gasteiger partial charge in [-0.2, -0.15) is 0 Å². The van der Waals surface area contributed by atoms with Crippen molar-refractivity contribution in [2.24, 2.45) is 0 Å². The molecular formula is C19H22N4OS. The fraction of sp³-hybridized carbons (Fsp3) is 0.368. The van der Waals surface area contributed by atoms with Crippen molar-refractivity contribution < 1.29 is 4.79 Å². The number of benzene rings is 1. The average Bonchev–Trinajstić information content (AvgIpc) is 3.32. The molecule has 0 atom stereocenters. The molecule has 1 aromatic carbocycles. The molecule has 3 aromatic rings. The van der Waals surface area contributed by atoms with Crippen molar-refractivity contribution in [3.05, 3.63) is 53.9 Å². The summed E-state index contributed by atoms with van der Waals surface area (Å²) in [7, 11) is 0. The molecule has 1 fully saturated rings. The monoisotopic (exact) mass is 354 g/mol. The molecule has 2 aromatic heterocycles. The first kappa shape index (κ1) is 16.1. The molecule has 0 bridgehead atoms. The van der Waals surface area contributed by atoms with Crippen LogP contribution >= 0.6 is 11.3 Å². The van der Waals surface area contributed by atoms with Gasteiger partial charge >= 0.3 is 6.03 Å². The zero-order valence-corrected chi connectivity index (χ0v) is 14.9. The van der Waals surface area contributed by atoms with Gasteiger partial charge in [-0.3, -0.25) is 0 Å². The highest BCUT2D eigenvalue weighted by atomic mass is 32.1. The molecule has 1 N–H and O–H groups in total. The summed E-state index contributed by atoms with van der Waals surface area (Å²) in [6.45, 7) is 2.28. The molecule has 3 heterocycles. The van der Waals surface area contributed by atoms with Crippen LogP contribution in [0.1, 0.15) is 24.4 Å². The standard InChI is InChI=1S/C19H22N4OS/c24-19(22-10-6-16(7-11-22)23-12-9-20-14-23)21-8-5-15-13-25-18-4-2-1-3-17(15)18/h1-4,9,12-14,16H,5-8,10-11H2,(H,21,24). The molecule has 4 rings (SSSR count). The van der Waals surface area contributed by atoms with E-state index in [1.165, 1.54) is 15.6 Å². The molecule has 5 nitrogen and oxygen atoms in total. The largest absolute Gasteiger partial charge is 0.338 e. The van der Waals surface area contributed by atoms with Gasteiger partial charge in [0.05, 0.1) is 6.33 Å². The number of hydrogen-bond donors (Lipinski definition) is 1. The molecule has 2 amide bonds.